The monoisotopic (exact) mass is 345 g/mol. The molecule has 1 aromatic carbocycles. The third-order valence-corrected chi connectivity index (χ3v) is 5.03. The van der Waals surface area contributed by atoms with Gasteiger partial charge in [0.15, 0.2) is 0 Å². The van der Waals surface area contributed by atoms with Gasteiger partial charge in [-0.3, -0.25) is 4.79 Å². The number of ether oxygens (including phenoxy) is 1. The Balaban J connectivity index is 1.42. The van der Waals surface area contributed by atoms with Crippen molar-refractivity contribution in [1.82, 2.24) is 15.5 Å². The van der Waals surface area contributed by atoms with Crippen molar-refractivity contribution < 1.29 is 14.3 Å². The Morgan fingerprint density at radius 2 is 1.88 bits per heavy atom. The summed E-state index contributed by atoms with van der Waals surface area (Å²) >= 11 is 0. The van der Waals surface area contributed by atoms with Gasteiger partial charge in [0, 0.05) is 31.3 Å². The van der Waals surface area contributed by atoms with Crippen LogP contribution in [0.4, 0.5) is 4.79 Å². The average molecular weight is 345 g/mol. The smallest absolute Gasteiger partial charge is 0.317 e. The molecule has 2 heterocycles. The fraction of sp³-hybridized carbons (Fsp3) is 0.579. The number of carbonyl (C=O) groups excluding carboxylic acids is 2. The van der Waals surface area contributed by atoms with Crippen molar-refractivity contribution >= 4 is 11.9 Å². The molecule has 2 N–H and O–H groups in total. The molecule has 6 heteroatoms. The maximum atomic E-state index is 12.4. The van der Waals surface area contributed by atoms with Gasteiger partial charge in [-0.1, -0.05) is 18.2 Å². The number of amides is 3. The average Bonchev–Trinajstić information content (AvgIpc) is 3.18. The van der Waals surface area contributed by atoms with Gasteiger partial charge in [-0.05, 0) is 44.7 Å². The van der Waals surface area contributed by atoms with Gasteiger partial charge >= 0.3 is 6.03 Å². The number of carbonyl (C=O) groups is 2. The molecule has 0 aromatic heterocycles. The van der Waals surface area contributed by atoms with E-state index >= 15 is 0 Å². The number of nitrogens with zero attached hydrogens (tertiary/aromatic N) is 1. The highest BCUT2D eigenvalue weighted by Gasteiger charge is 2.28. The quantitative estimate of drug-likeness (QED) is 0.878. The fourth-order valence-electron chi connectivity index (χ4n) is 3.46. The number of nitrogens with one attached hydrogen (secondary N) is 2. The SMILES string of the molecule is CC(NC(=O)N1CCC(NC(=O)c2ccccc2)CC1)C1CCCO1. The van der Waals surface area contributed by atoms with E-state index in [9.17, 15) is 9.59 Å². The Hall–Kier alpha value is -2.08. The van der Waals surface area contributed by atoms with E-state index in [1.807, 2.05) is 42.2 Å². The number of benzene rings is 1. The molecule has 6 nitrogen and oxygen atoms in total. The van der Waals surface area contributed by atoms with E-state index in [2.05, 4.69) is 10.6 Å². The van der Waals surface area contributed by atoms with Crippen molar-refractivity contribution in [3.63, 3.8) is 0 Å². The van der Waals surface area contributed by atoms with E-state index < -0.39 is 0 Å². The summed E-state index contributed by atoms with van der Waals surface area (Å²) in [6, 6.07) is 9.35. The summed E-state index contributed by atoms with van der Waals surface area (Å²) in [5.74, 6) is -0.0458. The summed E-state index contributed by atoms with van der Waals surface area (Å²) in [4.78, 5) is 26.4. The van der Waals surface area contributed by atoms with Gasteiger partial charge in [-0.25, -0.2) is 4.79 Å². The summed E-state index contributed by atoms with van der Waals surface area (Å²) in [7, 11) is 0. The molecule has 2 fully saturated rings. The summed E-state index contributed by atoms with van der Waals surface area (Å²) in [6.07, 6.45) is 3.76. The van der Waals surface area contributed by atoms with E-state index in [1.54, 1.807) is 0 Å². The van der Waals surface area contributed by atoms with Crippen LogP contribution in [0.5, 0.6) is 0 Å². The minimum absolute atomic E-state index is 0.0316. The lowest BCUT2D eigenvalue weighted by atomic mass is 10.0. The number of piperidine rings is 1. The van der Waals surface area contributed by atoms with Crippen molar-refractivity contribution in [3.8, 4) is 0 Å². The van der Waals surface area contributed by atoms with Crippen LogP contribution in [0, 0.1) is 0 Å². The normalized spacial score (nSPS) is 22.4. The number of urea groups is 1. The molecule has 0 radical (unpaired) electrons. The topological polar surface area (TPSA) is 70.7 Å². The zero-order valence-electron chi connectivity index (χ0n) is 14.7. The Morgan fingerprint density at radius 1 is 1.16 bits per heavy atom. The number of likely N-dealkylation sites (tertiary alicyclic amines) is 1. The molecular weight excluding hydrogens is 318 g/mol. The molecule has 2 atom stereocenters. The van der Waals surface area contributed by atoms with Crippen LogP contribution in [0.2, 0.25) is 0 Å². The third-order valence-electron chi connectivity index (χ3n) is 5.03. The minimum atomic E-state index is -0.0458. The van der Waals surface area contributed by atoms with E-state index in [0.29, 0.717) is 18.7 Å². The molecule has 0 saturated carbocycles. The summed E-state index contributed by atoms with van der Waals surface area (Å²) < 4.78 is 5.63. The standard InChI is InChI=1S/C19H27N3O3/c1-14(17-8-5-13-25-17)20-19(24)22-11-9-16(10-12-22)21-18(23)15-6-3-2-4-7-15/h2-4,6-7,14,16-17H,5,8-13H2,1H3,(H,20,24)(H,21,23). The van der Waals surface area contributed by atoms with Gasteiger partial charge in [0.25, 0.3) is 5.91 Å². The second-order valence-corrected chi connectivity index (χ2v) is 6.89. The zero-order valence-corrected chi connectivity index (χ0v) is 14.7. The molecule has 3 rings (SSSR count). The highest BCUT2D eigenvalue weighted by Crippen LogP contribution is 2.16. The number of hydrogen-bond donors (Lipinski definition) is 2. The second-order valence-electron chi connectivity index (χ2n) is 6.89. The third kappa shape index (κ3) is 4.72. The fourth-order valence-corrected chi connectivity index (χ4v) is 3.46. The van der Waals surface area contributed by atoms with E-state index in [0.717, 1.165) is 32.3 Å². The Morgan fingerprint density at radius 3 is 2.52 bits per heavy atom. The first-order valence-corrected chi connectivity index (χ1v) is 9.16. The first-order valence-electron chi connectivity index (χ1n) is 9.16. The first-order chi connectivity index (χ1) is 12.1. The molecule has 3 amide bonds. The van der Waals surface area contributed by atoms with Gasteiger partial charge < -0.3 is 20.3 Å². The molecule has 136 valence electrons. The van der Waals surface area contributed by atoms with Crippen LogP contribution in [0.3, 0.4) is 0 Å². The van der Waals surface area contributed by atoms with Crippen LogP contribution in [0.1, 0.15) is 43.0 Å². The minimum Gasteiger partial charge on any atom is -0.376 e. The van der Waals surface area contributed by atoms with E-state index in [1.165, 1.54) is 0 Å². The van der Waals surface area contributed by atoms with E-state index in [4.69, 9.17) is 4.74 Å². The maximum absolute atomic E-state index is 12.4. The van der Waals surface area contributed by atoms with Gasteiger partial charge in [0.2, 0.25) is 0 Å². The lowest BCUT2D eigenvalue weighted by Crippen LogP contribution is -2.52. The molecule has 25 heavy (non-hydrogen) atoms. The predicted molar refractivity (Wildman–Crippen MR) is 95.5 cm³/mol. The molecule has 0 spiro atoms. The van der Waals surface area contributed by atoms with Crippen LogP contribution < -0.4 is 10.6 Å². The van der Waals surface area contributed by atoms with Crippen molar-refractivity contribution in [1.29, 1.82) is 0 Å². The molecule has 2 aliphatic heterocycles. The van der Waals surface area contributed by atoms with Crippen LogP contribution in [-0.2, 0) is 4.74 Å². The molecule has 1 aromatic rings. The lowest BCUT2D eigenvalue weighted by molar-refractivity contribution is 0.0816. The van der Waals surface area contributed by atoms with Crippen molar-refractivity contribution in [3.05, 3.63) is 35.9 Å². The van der Waals surface area contributed by atoms with Crippen LogP contribution in [-0.4, -0.2) is 54.7 Å². The highest BCUT2D eigenvalue weighted by molar-refractivity contribution is 5.94. The van der Waals surface area contributed by atoms with Crippen LogP contribution in [0.15, 0.2) is 30.3 Å². The molecule has 0 bridgehead atoms. The van der Waals surface area contributed by atoms with Gasteiger partial charge in [-0.2, -0.15) is 0 Å². The van der Waals surface area contributed by atoms with E-state index in [-0.39, 0.29) is 30.1 Å². The zero-order chi connectivity index (χ0) is 17.6. The lowest BCUT2D eigenvalue weighted by Gasteiger charge is -2.33. The largest absolute Gasteiger partial charge is 0.376 e. The molecular formula is C19H27N3O3. The first kappa shape index (κ1) is 17.7. The molecule has 2 saturated heterocycles. The summed E-state index contributed by atoms with van der Waals surface area (Å²) in [5, 5.41) is 6.11. The Bertz CT molecular complexity index is 579. The predicted octanol–water partition coefficient (Wildman–Crippen LogP) is 2.16. The summed E-state index contributed by atoms with van der Waals surface area (Å²) in [6.45, 7) is 4.10. The Labute approximate surface area is 148 Å². The van der Waals surface area contributed by atoms with Crippen LogP contribution >= 0.6 is 0 Å². The molecule has 2 aliphatic rings. The molecule has 0 aliphatic carbocycles. The number of rotatable bonds is 4. The molecule has 2 unspecified atom stereocenters. The Kier molecular flexibility index (Phi) is 5.91. The van der Waals surface area contributed by atoms with Gasteiger partial charge in [0.05, 0.1) is 12.1 Å². The van der Waals surface area contributed by atoms with Crippen LogP contribution in [0.25, 0.3) is 0 Å². The second kappa shape index (κ2) is 8.34. The summed E-state index contributed by atoms with van der Waals surface area (Å²) in [5.41, 5.74) is 0.674. The maximum Gasteiger partial charge on any atom is 0.317 e. The van der Waals surface area contributed by atoms with Crippen molar-refractivity contribution in [2.75, 3.05) is 19.7 Å². The van der Waals surface area contributed by atoms with Gasteiger partial charge in [-0.15, -0.1) is 0 Å². The van der Waals surface area contributed by atoms with Crippen molar-refractivity contribution in [2.24, 2.45) is 0 Å². The number of hydrogen-bond acceptors (Lipinski definition) is 3. The highest BCUT2D eigenvalue weighted by atomic mass is 16.5. The van der Waals surface area contributed by atoms with Crippen molar-refractivity contribution in [2.45, 2.75) is 50.8 Å². The van der Waals surface area contributed by atoms with Gasteiger partial charge in [0.1, 0.15) is 0 Å².